The van der Waals surface area contributed by atoms with Gasteiger partial charge < -0.3 is 14.8 Å². The fourth-order valence-electron chi connectivity index (χ4n) is 2.82. The Balaban J connectivity index is 2.12. The molecule has 29 heavy (non-hydrogen) atoms. The van der Waals surface area contributed by atoms with E-state index in [1.165, 1.54) is 6.07 Å². The quantitative estimate of drug-likeness (QED) is 0.360. The van der Waals surface area contributed by atoms with Gasteiger partial charge in [0.1, 0.15) is 6.20 Å². The van der Waals surface area contributed by atoms with Crippen LogP contribution >= 0.6 is 0 Å². The molecule has 1 atom stereocenters. The molecule has 8 heteroatoms. The average Bonchev–Trinajstić information content (AvgIpc) is 2.71. The van der Waals surface area contributed by atoms with Gasteiger partial charge in [-0.2, -0.15) is 0 Å². The van der Waals surface area contributed by atoms with Gasteiger partial charge in [-0.15, -0.1) is 0 Å². The first kappa shape index (κ1) is 22.1. The van der Waals surface area contributed by atoms with Crippen molar-refractivity contribution < 1.29 is 19.2 Å². The molecule has 0 radical (unpaired) electrons. The first-order valence-electron chi connectivity index (χ1n) is 9.60. The Bertz CT molecular complexity index is 869. The topological polar surface area (TPSA) is 104 Å². The molecular formula is C21H27N3O5. The predicted octanol–water partition coefficient (Wildman–Crippen LogP) is 4.37. The molecule has 1 N–H and O–H groups in total. The Morgan fingerprint density at radius 3 is 2.69 bits per heavy atom. The molecule has 0 aliphatic heterocycles. The number of hydrogen-bond acceptors (Lipinski definition) is 6. The van der Waals surface area contributed by atoms with Crippen molar-refractivity contribution in [2.24, 2.45) is 0 Å². The molecule has 0 unspecified atom stereocenters. The van der Waals surface area contributed by atoms with E-state index >= 15 is 0 Å². The summed E-state index contributed by atoms with van der Waals surface area (Å²) in [5, 5.41) is 13.8. The molecule has 0 aliphatic rings. The number of ether oxygens (including phenoxy) is 2. The van der Waals surface area contributed by atoms with Crippen molar-refractivity contribution in [3.63, 3.8) is 0 Å². The van der Waals surface area contributed by atoms with Crippen LogP contribution in [0, 0.1) is 17.0 Å². The van der Waals surface area contributed by atoms with E-state index in [9.17, 15) is 14.9 Å². The van der Waals surface area contributed by atoms with E-state index in [-0.39, 0.29) is 17.3 Å². The van der Waals surface area contributed by atoms with Gasteiger partial charge in [0.2, 0.25) is 0 Å². The van der Waals surface area contributed by atoms with E-state index in [2.05, 4.69) is 17.2 Å². The number of amides is 1. The van der Waals surface area contributed by atoms with Crippen LogP contribution in [-0.4, -0.2) is 29.5 Å². The van der Waals surface area contributed by atoms with Gasteiger partial charge in [0.05, 0.1) is 35.9 Å². The van der Waals surface area contributed by atoms with Crippen LogP contribution in [0.3, 0.4) is 0 Å². The lowest BCUT2D eigenvalue weighted by Crippen LogP contribution is -2.27. The Kier molecular flexibility index (Phi) is 7.94. The van der Waals surface area contributed by atoms with Crippen LogP contribution in [0.25, 0.3) is 0 Å². The second-order valence-electron chi connectivity index (χ2n) is 6.74. The van der Waals surface area contributed by atoms with Crippen molar-refractivity contribution in [1.82, 2.24) is 10.3 Å². The maximum absolute atomic E-state index is 12.6. The van der Waals surface area contributed by atoms with Crippen LogP contribution in [0.1, 0.15) is 60.8 Å². The van der Waals surface area contributed by atoms with Gasteiger partial charge >= 0.3 is 0 Å². The average molecular weight is 401 g/mol. The summed E-state index contributed by atoms with van der Waals surface area (Å²) >= 11 is 0. The van der Waals surface area contributed by atoms with Crippen LogP contribution in [0.15, 0.2) is 30.5 Å². The highest BCUT2D eigenvalue weighted by molar-refractivity contribution is 5.96. The molecule has 0 bridgehead atoms. The van der Waals surface area contributed by atoms with Gasteiger partial charge in [0.15, 0.2) is 11.5 Å². The van der Waals surface area contributed by atoms with E-state index in [4.69, 9.17) is 9.47 Å². The van der Waals surface area contributed by atoms with Crippen LogP contribution in [-0.2, 0) is 0 Å². The minimum absolute atomic E-state index is 0.175. The number of aromatic nitrogens is 1. The number of methoxy groups -OCH3 is 1. The Labute approximate surface area is 170 Å². The van der Waals surface area contributed by atoms with Crippen LogP contribution < -0.4 is 14.8 Å². The van der Waals surface area contributed by atoms with Crippen molar-refractivity contribution in [3.05, 3.63) is 57.4 Å². The van der Waals surface area contributed by atoms with Gasteiger partial charge in [-0.1, -0.05) is 25.8 Å². The number of nitro groups is 1. The van der Waals surface area contributed by atoms with Crippen molar-refractivity contribution >= 4 is 11.6 Å². The van der Waals surface area contributed by atoms with E-state index in [0.717, 1.165) is 31.0 Å². The molecule has 1 heterocycles. The van der Waals surface area contributed by atoms with Crippen LogP contribution in [0.4, 0.5) is 5.69 Å². The summed E-state index contributed by atoms with van der Waals surface area (Å²) in [6, 6.07) is 6.39. The fourth-order valence-corrected chi connectivity index (χ4v) is 2.82. The zero-order valence-corrected chi connectivity index (χ0v) is 17.2. The predicted molar refractivity (Wildman–Crippen MR) is 110 cm³/mol. The zero-order chi connectivity index (χ0) is 21.4. The second-order valence-corrected chi connectivity index (χ2v) is 6.74. The molecule has 1 aromatic heterocycles. The standard InChI is InChI=1S/C21H27N3O5/c1-5-6-7-10-29-19-9-8-16(11-20(19)28-4)14(2)23-21(25)18-12-17(24(26)27)13-22-15(18)3/h8-9,11-14H,5-7,10H2,1-4H3,(H,23,25)/t14-/m1/s1. The van der Waals surface area contributed by atoms with E-state index in [0.29, 0.717) is 23.8 Å². The molecule has 0 aliphatic carbocycles. The maximum atomic E-state index is 12.6. The number of rotatable bonds is 10. The third-order valence-corrected chi connectivity index (χ3v) is 4.57. The van der Waals surface area contributed by atoms with Gasteiger partial charge in [0.25, 0.3) is 11.6 Å². The summed E-state index contributed by atoms with van der Waals surface area (Å²) in [6.45, 7) is 6.22. The number of nitrogens with zero attached hydrogens (tertiary/aromatic N) is 2. The summed E-state index contributed by atoms with van der Waals surface area (Å²) in [5.41, 5.74) is 1.20. The van der Waals surface area contributed by atoms with Gasteiger partial charge in [-0.3, -0.25) is 19.9 Å². The minimum Gasteiger partial charge on any atom is -0.493 e. The highest BCUT2D eigenvalue weighted by Crippen LogP contribution is 2.30. The van der Waals surface area contributed by atoms with E-state index in [1.807, 2.05) is 25.1 Å². The summed E-state index contributed by atoms with van der Waals surface area (Å²) < 4.78 is 11.2. The SMILES string of the molecule is CCCCCOc1ccc([C@@H](C)NC(=O)c2cc([N+](=O)[O-])cnc2C)cc1OC. The van der Waals surface area contributed by atoms with Crippen molar-refractivity contribution in [1.29, 1.82) is 0 Å². The van der Waals surface area contributed by atoms with Gasteiger partial charge in [0, 0.05) is 6.07 Å². The first-order chi connectivity index (χ1) is 13.9. The summed E-state index contributed by atoms with van der Waals surface area (Å²) in [6.07, 6.45) is 4.34. The Morgan fingerprint density at radius 2 is 2.03 bits per heavy atom. The molecule has 2 aromatic rings. The van der Waals surface area contributed by atoms with E-state index in [1.54, 1.807) is 14.0 Å². The summed E-state index contributed by atoms with van der Waals surface area (Å²) in [4.78, 5) is 26.9. The highest BCUT2D eigenvalue weighted by atomic mass is 16.6. The largest absolute Gasteiger partial charge is 0.493 e. The number of aryl methyl sites for hydroxylation is 1. The monoisotopic (exact) mass is 401 g/mol. The third kappa shape index (κ3) is 5.91. The third-order valence-electron chi connectivity index (χ3n) is 4.57. The Morgan fingerprint density at radius 1 is 1.28 bits per heavy atom. The molecule has 0 saturated carbocycles. The molecule has 0 saturated heterocycles. The number of carbonyl (C=O) groups excluding carboxylic acids is 1. The normalized spacial score (nSPS) is 11.6. The van der Waals surface area contributed by atoms with Crippen LogP contribution in [0.2, 0.25) is 0 Å². The molecule has 1 aromatic carbocycles. The number of pyridine rings is 1. The fraction of sp³-hybridized carbons (Fsp3) is 0.429. The summed E-state index contributed by atoms with van der Waals surface area (Å²) in [5.74, 6) is 0.822. The molecule has 1 amide bonds. The highest BCUT2D eigenvalue weighted by Gasteiger charge is 2.19. The molecule has 0 spiro atoms. The number of nitrogens with one attached hydrogen (secondary N) is 1. The van der Waals surface area contributed by atoms with Gasteiger partial charge in [-0.05, 0) is 38.0 Å². The molecule has 0 fully saturated rings. The van der Waals surface area contributed by atoms with E-state index < -0.39 is 10.8 Å². The number of carbonyl (C=O) groups is 1. The maximum Gasteiger partial charge on any atom is 0.288 e. The summed E-state index contributed by atoms with van der Waals surface area (Å²) in [7, 11) is 1.57. The first-order valence-corrected chi connectivity index (χ1v) is 9.60. The van der Waals surface area contributed by atoms with Crippen molar-refractivity contribution in [2.45, 2.75) is 46.1 Å². The number of unbranched alkanes of at least 4 members (excludes halogenated alkanes) is 2. The molecule has 156 valence electrons. The molecule has 8 nitrogen and oxygen atoms in total. The lowest BCUT2D eigenvalue weighted by Gasteiger charge is -2.17. The number of benzene rings is 1. The molecule has 2 rings (SSSR count). The minimum atomic E-state index is -0.573. The number of hydrogen-bond donors (Lipinski definition) is 1. The van der Waals surface area contributed by atoms with Gasteiger partial charge in [-0.25, -0.2) is 0 Å². The lowest BCUT2D eigenvalue weighted by molar-refractivity contribution is -0.385. The lowest BCUT2D eigenvalue weighted by atomic mass is 10.1. The van der Waals surface area contributed by atoms with Crippen molar-refractivity contribution in [3.8, 4) is 11.5 Å². The van der Waals surface area contributed by atoms with Crippen molar-refractivity contribution in [2.75, 3.05) is 13.7 Å². The molecular weight excluding hydrogens is 374 g/mol. The Hall–Kier alpha value is -3.16. The zero-order valence-electron chi connectivity index (χ0n) is 17.2. The second kappa shape index (κ2) is 10.4. The van der Waals surface area contributed by atoms with Crippen LogP contribution in [0.5, 0.6) is 11.5 Å². The smallest absolute Gasteiger partial charge is 0.288 e.